The lowest BCUT2D eigenvalue weighted by Gasteiger charge is -2.01. The van der Waals surface area contributed by atoms with Crippen LogP contribution in [-0.4, -0.2) is 15.7 Å². The predicted octanol–water partition coefficient (Wildman–Crippen LogP) is 3.38. The number of rotatable bonds is 3. The van der Waals surface area contributed by atoms with Crippen LogP contribution < -0.4 is 5.32 Å². The molecule has 0 atom stereocenters. The van der Waals surface area contributed by atoms with E-state index in [-0.39, 0.29) is 5.91 Å². The predicted molar refractivity (Wildman–Crippen MR) is 77.3 cm³/mol. The van der Waals surface area contributed by atoms with Crippen LogP contribution in [0.25, 0.3) is 6.08 Å². The fourth-order valence-corrected chi connectivity index (χ4v) is 2.00. The number of carbonyl (C=O) groups is 1. The molecule has 4 nitrogen and oxygen atoms in total. The molecule has 1 aromatic carbocycles. The third-order valence-corrected chi connectivity index (χ3v) is 3.03. The number of halogens is 2. The molecule has 0 saturated heterocycles. The molecule has 0 aliphatic carbocycles. The van der Waals surface area contributed by atoms with Gasteiger partial charge in [0.05, 0.1) is 0 Å². The number of nitrogens with zero attached hydrogens (tertiary/aromatic N) is 2. The third kappa shape index (κ3) is 3.59. The van der Waals surface area contributed by atoms with Gasteiger partial charge in [-0.3, -0.25) is 9.48 Å². The van der Waals surface area contributed by atoms with Gasteiger partial charge < -0.3 is 5.32 Å². The third-order valence-electron chi connectivity index (χ3n) is 2.37. The van der Waals surface area contributed by atoms with E-state index in [9.17, 15) is 4.79 Å². The van der Waals surface area contributed by atoms with Gasteiger partial charge in [-0.25, -0.2) is 0 Å². The minimum atomic E-state index is -0.297. The number of hydrogen-bond acceptors (Lipinski definition) is 2. The van der Waals surface area contributed by atoms with Gasteiger partial charge in [0.2, 0.25) is 5.91 Å². The largest absolute Gasteiger partial charge is 0.306 e. The topological polar surface area (TPSA) is 46.9 Å². The highest BCUT2D eigenvalue weighted by Crippen LogP contribution is 2.25. The van der Waals surface area contributed by atoms with E-state index < -0.39 is 0 Å². The molecule has 1 heterocycles. The van der Waals surface area contributed by atoms with Crippen molar-refractivity contribution in [1.29, 1.82) is 0 Å². The van der Waals surface area contributed by atoms with Crippen LogP contribution in [0.1, 0.15) is 5.56 Å². The number of amides is 1. The normalized spacial score (nSPS) is 10.9. The average molecular weight is 296 g/mol. The molecule has 6 heteroatoms. The summed E-state index contributed by atoms with van der Waals surface area (Å²) >= 11 is 12.0. The van der Waals surface area contributed by atoms with E-state index in [0.29, 0.717) is 21.4 Å². The molecule has 2 rings (SSSR count). The first-order valence-electron chi connectivity index (χ1n) is 5.49. The Bertz CT molecular complexity index is 614. The molecule has 0 aliphatic rings. The van der Waals surface area contributed by atoms with Gasteiger partial charge in [-0.2, -0.15) is 5.10 Å². The Balaban J connectivity index is 2.08. The molecule has 2 aromatic rings. The summed E-state index contributed by atoms with van der Waals surface area (Å²) in [7, 11) is 1.77. The van der Waals surface area contributed by atoms with E-state index in [1.54, 1.807) is 48.3 Å². The second kappa shape index (κ2) is 5.91. The van der Waals surface area contributed by atoms with Crippen molar-refractivity contribution in [1.82, 2.24) is 9.78 Å². The Kier molecular flexibility index (Phi) is 4.24. The first-order chi connectivity index (χ1) is 9.06. The van der Waals surface area contributed by atoms with Gasteiger partial charge in [0.15, 0.2) is 5.82 Å². The smallest absolute Gasteiger partial charge is 0.249 e. The van der Waals surface area contributed by atoms with Crippen molar-refractivity contribution in [3.63, 3.8) is 0 Å². The highest BCUT2D eigenvalue weighted by molar-refractivity contribution is 6.37. The van der Waals surface area contributed by atoms with Crippen molar-refractivity contribution in [2.24, 2.45) is 7.05 Å². The molecule has 19 heavy (non-hydrogen) atoms. The standard InChI is InChI=1S/C13H11Cl2N3O/c1-18-8-7-12(17-18)16-13(19)6-5-9-10(14)3-2-4-11(9)15/h2-8H,1H3,(H,16,17,19)/b6-5+. The lowest BCUT2D eigenvalue weighted by molar-refractivity contribution is -0.111. The Morgan fingerprint density at radius 1 is 1.32 bits per heavy atom. The zero-order valence-electron chi connectivity index (χ0n) is 10.1. The number of aryl methyl sites for hydroxylation is 1. The number of carbonyl (C=O) groups excluding carboxylic acids is 1. The molecule has 0 radical (unpaired) electrons. The molecule has 0 bridgehead atoms. The number of aromatic nitrogens is 2. The van der Waals surface area contributed by atoms with E-state index in [0.717, 1.165) is 0 Å². The molecular formula is C13H11Cl2N3O. The van der Waals surface area contributed by atoms with Crippen LogP contribution in [-0.2, 0) is 11.8 Å². The van der Waals surface area contributed by atoms with Crippen molar-refractivity contribution in [2.45, 2.75) is 0 Å². The molecule has 0 unspecified atom stereocenters. The van der Waals surface area contributed by atoms with E-state index in [1.807, 2.05) is 0 Å². The van der Waals surface area contributed by atoms with Crippen LogP contribution in [0.15, 0.2) is 36.5 Å². The zero-order valence-corrected chi connectivity index (χ0v) is 11.6. The fourth-order valence-electron chi connectivity index (χ4n) is 1.48. The maximum atomic E-state index is 11.7. The van der Waals surface area contributed by atoms with Crippen LogP contribution in [0.3, 0.4) is 0 Å². The molecule has 98 valence electrons. The number of nitrogens with one attached hydrogen (secondary N) is 1. The number of hydrogen-bond donors (Lipinski definition) is 1. The number of benzene rings is 1. The molecule has 0 spiro atoms. The number of anilines is 1. The van der Waals surface area contributed by atoms with Crippen LogP contribution >= 0.6 is 23.2 Å². The molecule has 0 saturated carbocycles. The summed E-state index contributed by atoms with van der Waals surface area (Å²) in [5.74, 6) is 0.192. The summed E-state index contributed by atoms with van der Waals surface area (Å²) in [6.45, 7) is 0. The van der Waals surface area contributed by atoms with Crippen LogP contribution in [0.2, 0.25) is 10.0 Å². The second-order valence-corrected chi connectivity index (χ2v) is 4.65. The Labute approximate surface area is 120 Å². The van der Waals surface area contributed by atoms with E-state index >= 15 is 0 Å². The summed E-state index contributed by atoms with van der Waals surface area (Å²) in [4.78, 5) is 11.7. The molecule has 1 amide bonds. The summed E-state index contributed by atoms with van der Waals surface area (Å²) in [6, 6.07) is 6.87. The van der Waals surface area contributed by atoms with Crippen LogP contribution in [0.5, 0.6) is 0 Å². The average Bonchev–Trinajstić information content (AvgIpc) is 2.74. The molecule has 0 aliphatic heterocycles. The van der Waals surface area contributed by atoms with Gasteiger partial charge in [-0.15, -0.1) is 0 Å². The summed E-state index contributed by atoms with van der Waals surface area (Å²) in [6.07, 6.45) is 4.68. The maximum absolute atomic E-state index is 11.7. The van der Waals surface area contributed by atoms with E-state index in [1.165, 1.54) is 6.08 Å². The highest BCUT2D eigenvalue weighted by Gasteiger charge is 2.04. The lowest BCUT2D eigenvalue weighted by atomic mass is 10.2. The van der Waals surface area contributed by atoms with E-state index in [4.69, 9.17) is 23.2 Å². The summed E-state index contributed by atoms with van der Waals surface area (Å²) in [5.41, 5.74) is 0.613. The summed E-state index contributed by atoms with van der Waals surface area (Å²) in [5, 5.41) is 7.66. The first kappa shape index (κ1) is 13.6. The quantitative estimate of drug-likeness (QED) is 0.883. The van der Waals surface area contributed by atoms with Gasteiger partial charge in [0, 0.05) is 41.0 Å². The van der Waals surface area contributed by atoms with Crippen molar-refractivity contribution >= 4 is 41.0 Å². The SMILES string of the molecule is Cn1ccc(NC(=O)/C=C/c2c(Cl)cccc2Cl)n1. The minimum Gasteiger partial charge on any atom is -0.306 e. The van der Waals surface area contributed by atoms with Gasteiger partial charge in [-0.05, 0) is 18.2 Å². The second-order valence-electron chi connectivity index (χ2n) is 3.83. The highest BCUT2D eigenvalue weighted by atomic mass is 35.5. The first-order valence-corrected chi connectivity index (χ1v) is 6.24. The molecular weight excluding hydrogens is 285 g/mol. The Hall–Kier alpha value is -1.78. The van der Waals surface area contributed by atoms with Crippen molar-refractivity contribution in [3.8, 4) is 0 Å². The van der Waals surface area contributed by atoms with Gasteiger partial charge in [0.25, 0.3) is 0 Å². The molecule has 0 fully saturated rings. The Morgan fingerprint density at radius 2 is 2.00 bits per heavy atom. The minimum absolute atomic E-state index is 0.297. The lowest BCUT2D eigenvalue weighted by Crippen LogP contribution is -2.08. The summed E-state index contributed by atoms with van der Waals surface area (Å²) < 4.78 is 1.60. The molecule has 1 aromatic heterocycles. The van der Waals surface area contributed by atoms with Gasteiger partial charge in [0.1, 0.15) is 0 Å². The zero-order chi connectivity index (χ0) is 13.8. The Morgan fingerprint density at radius 3 is 2.58 bits per heavy atom. The van der Waals surface area contributed by atoms with Crippen molar-refractivity contribution in [3.05, 3.63) is 52.1 Å². The van der Waals surface area contributed by atoms with Crippen molar-refractivity contribution < 1.29 is 4.79 Å². The fraction of sp³-hybridized carbons (Fsp3) is 0.0769. The van der Waals surface area contributed by atoms with Gasteiger partial charge in [-0.1, -0.05) is 29.3 Å². The van der Waals surface area contributed by atoms with Gasteiger partial charge >= 0.3 is 0 Å². The molecule has 1 N–H and O–H groups in total. The van der Waals surface area contributed by atoms with E-state index in [2.05, 4.69) is 10.4 Å². The maximum Gasteiger partial charge on any atom is 0.249 e. The van der Waals surface area contributed by atoms with Crippen LogP contribution in [0.4, 0.5) is 5.82 Å². The monoisotopic (exact) mass is 295 g/mol. The van der Waals surface area contributed by atoms with Crippen LogP contribution in [0, 0.1) is 0 Å². The van der Waals surface area contributed by atoms with Crippen molar-refractivity contribution in [2.75, 3.05) is 5.32 Å².